The Morgan fingerprint density at radius 1 is 1.50 bits per heavy atom. The van der Waals surface area contributed by atoms with Crippen LogP contribution in [-0.4, -0.2) is 61.6 Å². The van der Waals surface area contributed by atoms with E-state index < -0.39 is 0 Å². The van der Waals surface area contributed by atoms with Crippen LogP contribution >= 0.6 is 0 Å². The molecule has 4 heteroatoms. The maximum atomic E-state index is 11.5. The first-order valence-electron chi connectivity index (χ1n) is 5.19. The van der Waals surface area contributed by atoms with Gasteiger partial charge in [-0.05, 0) is 13.5 Å². The Bertz CT molecular complexity index is 197. The zero-order chi connectivity index (χ0) is 10.6. The molecule has 14 heavy (non-hydrogen) atoms. The molecule has 1 unspecified atom stereocenters. The molecule has 1 aliphatic rings. The smallest absolute Gasteiger partial charge is 0.248 e. The first-order valence-corrected chi connectivity index (χ1v) is 5.19. The van der Waals surface area contributed by atoms with Crippen LogP contribution in [0.3, 0.4) is 0 Å². The minimum absolute atomic E-state index is 0.107. The zero-order valence-corrected chi connectivity index (χ0v) is 9.32. The number of methoxy groups -OCH3 is 1. The Hall–Kier alpha value is -0.610. The van der Waals surface area contributed by atoms with Gasteiger partial charge in [-0.3, -0.25) is 9.69 Å². The highest BCUT2D eigenvalue weighted by Gasteiger charge is 2.24. The second kappa shape index (κ2) is 5.32. The highest BCUT2D eigenvalue weighted by molar-refractivity contribution is 5.77. The normalized spacial score (nSPS) is 23.9. The van der Waals surface area contributed by atoms with E-state index >= 15 is 0 Å². The zero-order valence-electron chi connectivity index (χ0n) is 9.32. The third-order valence-electron chi connectivity index (χ3n) is 2.79. The second-order valence-electron chi connectivity index (χ2n) is 3.75. The lowest BCUT2D eigenvalue weighted by molar-refractivity contribution is -0.137. The molecule has 1 atom stereocenters. The Morgan fingerprint density at radius 3 is 2.71 bits per heavy atom. The number of rotatable bonds is 3. The van der Waals surface area contributed by atoms with Crippen molar-refractivity contribution in [1.82, 2.24) is 9.80 Å². The van der Waals surface area contributed by atoms with Gasteiger partial charge in [0, 0.05) is 32.8 Å². The second-order valence-corrected chi connectivity index (χ2v) is 3.75. The van der Waals surface area contributed by atoms with E-state index in [9.17, 15) is 4.79 Å². The molecule has 0 aliphatic carbocycles. The summed E-state index contributed by atoms with van der Waals surface area (Å²) < 4.78 is 4.84. The van der Waals surface area contributed by atoms with Crippen molar-refractivity contribution in [3.63, 3.8) is 0 Å². The number of carbonyl (C=O) groups excluding carboxylic acids is 1. The summed E-state index contributed by atoms with van der Waals surface area (Å²) in [5, 5.41) is 0. The lowest BCUT2D eigenvalue weighted by Crippen LogP contribution is -2.54. The fourth-order valence-corrected chi connectivity index (χ4v) is 1.91. The first kappa shape index (κ1) is 11.5. The van der Waals surface area contributed by atoms with Gasteiger partial charge in [-0.15, -0.1) is 0 Å². The topological polar surface area (TPSA) is 32.8 Å². The Morgan fingerprint density at radius 2 is 2.21 bits per heavy atom. The van der Waals surface area contributed by atoms with E-state index in [0.29, 0.717) is 6.04 Å². The van der Waals surface area contributed by atoms with Crippen molar-refractivity contribution in [2.24, 2.45) is 0 Å². The summed E-state index contributed by atoms with van der Waals surface area (Å²) in [6.45, 7) is 8.23. The summed E-state index contributed by atoms with van der Waals surface area (Å²) >= 11 is 0. The highest BCUT2D eigenvalue weighted by atomic mass is 16.5. The van der Waals surface area contributed by atoms with E-state index in [1.54, 1.807) is 7.11 Å². The van der Waals surface area contributed by atoms with Crippen molar-refractivity contribution in [3.05, 3.63) is 0 Å². The molecule has 0 radical (unpaired) electrons. The van der Waals surface area contributed by atoms with Crippen LogP contribution in [0.5, 0.6) is 0 Å². The lowest BCUT2D eigenvalue weighted by Gasteiger charge is -2.39. The van der Waals surface area contributed by atoms with E-state index in [1.807, 2.05) is 4.90 Å². The molecule has 1 heterocycles. The number of hydrogen-bond donors (Lipinski definition) is 0. The van der Waals surface area contributed by atoms with Crippen LogP contribution in [0.25, 0.3) is 0 Å². The van der Waals surface area contributed by atoms with Crippen LogP contribution in [-0.2, 0) is 9.53 Å². The average Bonchev–Trinajstić information content (AvgIpc) is 2.18. The number of ether oxygens (including phenoxy) is 1. The van der Waals surface area contributed by atoms with E-state index in [-0.39, 0.29) is 12.5 Å². The summed E-state index contributed by atoms with van der Waals surface area (Å²) in [7, 11) is 1.56. The number of amides is 1. The molecule has 0 spiro atoms. The molecule has 1 amide bonds. The summed E-state index contributed by atoms with van der Waals surface area (Å²) in [5.41, 5.74) is 0. The van der Waals surface area contributed by atoms with Gasteiger partial charge in [-0.25, -0.2) is 0 Å². The predicted octanol–water partition coefficient (Wildman–Crippen LogP) is 0.185. The van der Waals surface area contributed by atoms with Crippen LogP contribution in [0.2, 0.25) is 0 Å². The minimum Gasteiger partial charge on any atom is -0.375 e. The van der Waals surface area contributed by atoms with E-state index in [0.717, 1.165) is 26.2 Å². The van der Waals surface area contributed by atoms with Gasteiger partial charge >= 0.3 is 0 Å². The first-order chi connectivity index (χ1) is 6.69. The molecule has 1 rings (SSSR count). The van der Waals surface area contributed by atoms with Crippen LogP contribution in [0, 0.1) is 0 Å². The van der Waals surface area contributed by atoms with Gasteiger partial charge in [0.1, 0.15) is 6.61 Å². The van der Waals surface area contributed by atoms with Crippen molar-refractivity contribution < 1.29 is 9.53 Å². The van der Waals surface area contributed by atoms with Crippen molar-refractivity contribution >= 4 is 5.91 Å². The summed E-state index contributed by atoms with van der Waals surface area (Å²) in [4.78, 5) is 15.8. The number of piperazine rings is 1. The quantitative estimate of drug-likeness (QED) is 0.652. The molecule has 0 aromatic heterocycles. The third kappa shape index (κ3) is 2.69. The summed E-state index contributed by atoms with van der Waals surface area (Å²) in [5.74, 6) is 0.107. The molecule has 0 aromatic carbocycles. The van der Waals surface area contributed by atoms with E-state index in [4.69, 9.17) is 4.74 Å². The van der Waals surface area contributed by atoms with Gasteiger partial charge in [0.2, 0.25) is 5.91 Å². The van der Waals surface area contributed by atoms with Gasteiger partial charge in [-0.1, -0.05) is 6.92 Å². The van der Waals surface area contributed by atoms with Gasteiger partial charge in [0.25, 0.3) is 0 Å². The monoisotopic (exact) mass is 200 g/mol. The molecule has 0 aromatic rings. The highest BCUT2D eigenvalue weighted by Crippen LogP contribution is 2.08. The van der Waals surface area contributed by atoms with Crippen molar-refractivity contribution in [1.29, 1.82) is 0 Å². The molecule has 0 saturated carbocycles. The number of hydrogen-bond acceptors (Lipinski definition) is 3. The number of nitrogens with zero attached hydrogens (tertiary/aromatic N) is 2. The van der Waals surface area contributed by atoms with Crippen molar-refractivity contribution in [2.45, 2.75) is 19.9 Å². The molecule has 0 N–H and O–H groups in total. The van der Waals surface area contributed by atoms with E-state index in [2.05, 4.69) is 18.7 Å². The molecule has 4 nitrogen and oxygen atoms in total. The molecule has 1 aliphatic heterocycles. The Kier molecular flexibility index (Phi) is 4.35. The minimum atomic E-state index is 0.107. The van der Waals surface area contributed by atoms with Gasteiger partial charge in [-0.2, -0.15) is 0 Å². The molecular formula is C10H20N2O2. The number of likely N-dealkylation sites (N-methyl/N-ethyl adjacent to an activating group) is 1. The van der Waals surface area contributed by atoms with Crippen LogP contribution in [0.15, 0.2) is 0 Å². The predicted molar refractivity (Wildman–Crippen MR) is 55.2 cm³/mol. The van der Waals surface area contributed by atoms with Crippen molar-refractivity contribution in [3.8, 4) is 0 Å². The van der Waals surface area contributed by atoms with Crippen LogP contribution in [0.4, 0.5) is 0 Å². The summed E-state index contributed by atoms with van der Waals surface area (Å²) in [6, 6.07) is 0.467. The third-order valence-corrected chi connectivity index (χ3v) is 2.79. The van der Waals surface area contributed by atoms with Gasteiger partial charge in [0.15, 0.2) is 0 Å². The lowest BCUT2D eigenvalue weighted by atomic mass is 10.2. The molecule has 1 fully saturated rings. The maximum Gasteiger partial charge on any atom is 0.248 e. The molecule has 1 saturated heterocycles. The molecular weight excluding hydrogens is 180 g/mol. The Labute approximate surface area is 85.8 Å². The average molecular weight is 200 g/mol. The van der Waals surface area contributed by atoms with Gasteiger partial charge < -0.3 is 9.64 Å². The fraction of sp³-hybridized carbons (Fsp3) is 0.900. The van der Waals surface area contributed by atoms with Crippen molar-refractivity contribution in [2.75, 3.05) is 39.9 Å². The maximum absolute atomic E-state index is 11.5. The molecule has 0 bridgehead atoms. The standard InChI is InChI=1S/C10H20N2O2/c1-4-11-5-6-12(7-9(11)2)10(13)8-14-3/h9H,4-8H2,1-3H3. The number of carbonyl (C=O) groups is 1. The summed E-state index contributed by atoms with van der Waals surface area (Å²) in [6.07, 6.45) is 0. The molecule has 82 valence electrons. The largest absolute Gasteiger partial charge is 0.375 e. The van der Waals surface area contributed by atoms with Crippen LogP contribution in [0.1, 0.15) is 13.8 Å². The SMILES string of the molecule is CCN1CCN(C(=O)COC)CC1C. The fourth-order valence-electron chi connectivity index (χ4n) is 1.91. The van der Waals surface area contributed by atoms with E-state index in [1.165, 1.54) is 0 Å². The van der Waals surface area contributed by atoms with Crippen LogP contribution < -0.4 is 0 Å². The Balaban J connectivity index is 2.41. The van der Waals surface area contributed by atoms with Gasteiger partial charge in [0.05, 0.1) is 0 Å².